The van der Waals surface area contributed by atoms with E-state index in [1.54, 1.807) is 6.07 Å². The van der Waals surface area contributed by atoms with E-state index in [0.29, 0.717) is 5.56 Å². The van der Waals surface area contributed by atoms with Crippen molar-refractivity contribution >= 4 is 23.2 Å². The van der Waals surface area contributed by atoms with Crippen molar-refractivity contribution in [3.63, 3.8) is 0 Å². The maximum atomic E-state index is 14.0. The lowest BCUT2D eigenvalue weighted by atomic mass is 9.98. The molecule has 0 aliphatic rings. The molecule has 6 heteroatoms. The number of benzene rings is 2. The van der Waals surface area contributed by atoms with Crippen LogP contribution in [0.1, 0.15) is 17.2 Å². The summed E-state index contributed by atoms with van der Waals surface area (Å²) in [6.45, 7) is 0. The van der Waals surface area contributed by atoms with Crippen LogP contribution in [0.25, 0.3) is 0 Å². The molecule has 0 saturated heterocycles. The van der Waals surface area contributed by atoms with Crippen molar-refractivity contribution in [2.75, 3.05) is 0 Å². The second-order valence-electron chi connectivity index (χ2n) is 3.91. The minimum Gasteiger partial charge on any atom is -0.271 e. The van der Waals surface area contributed by atoms with Crippen LogP contribution in [0.15, 0.2) is 36.4 Å². The third-order valence-electron chi connectivity index (χ3n) is 2.73. The first kappa shape index (κ1) is 14.2. The van der Waals surface area contributed by atoms with E-state index in [2.05, 4.69) is 5.43 Å². The molecule has 0 aliphatic heterocycles. The van der Waals surface area contributed by atoms with Gasteiger partial charge in [0.25, 0.3) is 0 Å². The van der Waals surface area contributed by atoms with Gasteiger partial charge in [-0.3, -0.25) is 5.84 Å². The van der Waals surface area contributed by atoms with Crippen molar-refractivity contribution in [1.82, 2.24) is 5.43 Å². The lowest BCUT2D eigenvalue weighted by Gasteiger charge is -2.19. The Morgan fingerprint density at radius 2 is 1.74 bits per heavy atom. The Hall–Kier alpha value is -1.20. The average Bonchev–Trinajstić information content (AvgIpc) is 2.39. The van der Waals surface area contributed by atoms with Crippen LogP contribution in [0.5, 0.6) is 0 Å². The van der Waals surface area contributed by atoms with Crippen molar-refractivity contribution in [3.8, 4) is 0 Å². The van der Waals surface area contributed by atoms with E-state index >= 15 is 0 Å². The molecule has 19 heavy (non-hydrogen) atoms. The Morgan fingerprint density at radius 1 is 1.00 bits per heavy atom. The normalized spacial score (nSPS) is 12.5. The summed E-state index contributed by atoms with van der Waals surface area (Å²) >= 11 is 11.7. The Kier molecular flexibility index (Phi) is 4.37. The first-order valence-corrected chi connectivity index (χ1v) is 6.15. The van der Waals surface area contributed by atoms with Gasteiger partial charge < -0.3 is 0 Å². The molecule has 0 spiro atoms. The number of hydrogen-bond acceptors (Lipinski definition) is 2. The molecule has 2 nitrogen and oxygen atoms in total. The van der Waals surface area contributed by atoms with Gasteiger partial charge in [0.2, 0.25) is 0 Å². The summed E-state index contributed by atoms with van der Waals surface area (Å²) in [5.41, 5.74) is 2.96. The molecular formula is C13H10Cl2F2N2. The van der Waals surface area contributed by atoms with E-state index < -0.39 is 17.7 Å². The van der Waals surface area contributed by atoms with Gasteiger partial charge in [-0.05, 0) is 29.8 Å². The summed E-state index contributed by atoms with van der Waals surface area (Å²) in [5, 5.41) is 0.244. The van der Waals surface area contributed by atoms with E-state index in [9.17, 15) is 8.78 Å². The average molecular weight is 303 g/mol. The summed E-state index contributed by atoms with van der Waals surface area (Å²) in [6.07, 6.45) is 0. The van der Waals surface area contributed by atoms with E-state index in [1.165, 1.54) is 30.3 Å². The molecule has 0 bridgehead atoms. The van der Waals surface area contributed by atoms with Gasteiger partial charge in [-0.25, -0.2) is 14.2 Å². The largest absolute Gasteiger partial charge is 0.271 e. The highest BCUT2D eigenvalue weighted by molar-refractivity contribution is 6.31. The smallest absolute Gasteiger partial charge is 0.146 e. The van der Waals surface area contributed by atoms with Crippen molar-refractivity contribution < 1.29 is 8.78 Å². The third kappa shape index (κ3) is 2.87. The van der Waals surface area contributed by atoms with Crippen molar-refractivity contribution in [2.45, 2.75) is 6.04 Å². The molecule has 0 radical (unpaired) electrons. The van der Waals surface area contributed by atoms with Gasteiger partial charge in [0.15, 0.2) is 0 Å². The zero-order valence-corrected chi connectivity index (χ0v) is 11.1. The van der Waals surface area contributed by atoms with E-state index in [0.717, 1.165) is 0 Å². The molecular weight excluding hydrogens is 293 g/mol. The summed E-state index contributed by atoms with van der Waals surface area (Å²) in [4.78, 5) is 0. The van der Waals surface area contributed by atoms with Gasteiger partial charge in [-0.1, -0.05) is 35.3 Å². The Balaban J connectivity index is 2.56. The molecule has 100 valence electrons. The molecule has 0 aliphatic carbocycles. The first-order valence-electron chi connectivity index (χ1n) is 5.39. The monoisotopic (exact) mass is 302 g/mol. The molecule has 0 aromatic heterocycles. The van der Waals surface area contributed by atoms with Crippen LogP contribution in [0.4, 0.5) is 8.78 Å². The molecule has 1 unspecified atom stereocenters. The molecule has 2 aromatic rings. The zero-order valence-electron chi connectivity index (χ0n) is 9.63. The highest BCUT2D eigenvalue weighted by Crippen LogP contribution is 2.31. The maximum absolute atomic E-state index is 14.0. The quantitative estimate of drug-likeness (QED) is 0.668. The number of nitrogens with two attached hydrogens (primary N) is 1. The summed E-state index contributed by atoms with van der Waals surface area (Å²) in [5.74, 6) is 4.33. The minimum atomic E-state index is -0.790. The van der Waals surface area contributed by atoms with Crippen molar-refractivity contribution in [3.05, 3.63) is 69.2 Å². The fraction of sp³-hybridized carbons (Fsp3) is 0.0769. The van der Waals surface area contributed by atoms with Crippen LogP contribution in [-0.2, 0) is 0 Å². The zero-order chi connectivity index (χ0) is 14.0. The summed E-state index contributed by atoms with van der Waals surface area (Å²) in [7, 11) is 0. The van der Waals surface area contributed by atoms with Gasteiger partial charge in [0.1, 0.15) is 11.6 Å². The van der Waals surface area contributed by atoms with Crippen LogP contribution >= 0.6 is 23.2 Å². The highest BCUT2D eigenvalue weighted by Gasteiger charge is 2.21. The van der Waals surface area contributed by atoms with Crippen LogP contribution in [0.2, 0.25) is 10.0 Å². The molecule has 2 aromatic carbocycles. The van der Waals surface area contributed by atoms with Crippen LogP contribution in [0, 0.1) is 11.6 Å². The third-order valence-corrected chi connectivity index (χ3v) is 3.36. The maximum Gasteiger partial charge on any atom is 0.146 e. The van der Waals surface area contributed by atoms with Crippen LogP contribution in [0.3, 0.4) is 0 Å². The number of hydrazine groups is 1. The number of halogens is 4. The van der Waals surface area contributed by atoms with Crippen molar-refractivity contribution in [2.24, 2.45) is 5.84 Å². The number of nitrogens with one attached hydrogen (secondary N) is 1. The van der Waals surface area contributed by atoms with Gasteiger partial charge >= 0.3 is 0 Å². The number of hydrogen-bond donors (Lipinski definition) is 2. The van der Waals surface area contributed by atoms with Crippen LogP contribution < -0.4 is 11.3 Å². The SMILES string of the molecule is NNC(c1cc(F)ccc1Cl)c1cccc(Cl)c1F. The molecule has 0 amide bonds. The lowest BCUT2D eigenvalue weighted by Crippen LogP contribution is -2.30. The van der Waals surface area contributed by atoms with E-state index in [1.807, 2.05) is 0 Å². The van der Waals surface area contributed by atoms with Gasteiger partial charge in [-0.15, -0.1) is 0 Å². The fourth-order valence-electron chi connectivity index (χ4n) is 1.83. The van der Waals surface area contributed by atoms with E-state index in [4.69, 9.17) is 29.0 Å². The standard InChI is InChI=1S/C13H10Cl2F2N2/c14-10-5-4-7(16)6-9(10)13(19-18)8-2-1-3-11(15)12(8)17/h1-6,13,19H,18H2. The Bertz CT molecular complexity index is 603. The van der Waals surface area contributed by atoms with Gasteiger partial charge in [0, 0.05) is 10.6 Å². The second kappa shape index (κ2) is 5.84. The minimum absolute atomic E-state index is 0.0368. The lowest BCUT2D eigenvalue weighted by molar-refractivity contribution is 0.556. The molecule has 1 atom stereocenters. The van der Waals surface area contributed by atoms with E-state index in [-0.39, 0.29) is 15.6 Å². The van der Waals surface area contributed by atoms with Crippen LogP contribution in [-0.4, -0.2) is 0 Å². The van der Waals surface area contributed by atoms with Gasteiger partial charge in [-0.2, -0.15) is 0 Å². The Morgan fingerprint density at radius 3 is 2.42 bits per heavy atom. The molecule has 0 heterocycles. The van der Waals surface area contributed by atoms with Crippen molar-refractivity contribution in [1.29, 1.82) is 0 Å². The molecule has 0 fully saturated rings. The molecule has 2 rings (SSSR count). The fourth-order valence-corrected chi connectivity index (χ4v) is 2.23. The predicted octanol–water partition coefficient (Wildman–Crippen LogP) is 3.82. The molecule has 0 saturated carbocycles. The number of rotatable bonds is 3. The Labute approximate surface area is 119 Å². The summed E-state index contributed by atoms with van der Waals surface area (Å²) in [6, 6.07) is 7.52. The predicted molar refractivity (Wildman–Crippen MR) is 72.0 cm³/mol. The highest BCUT2D eigenvalue weighted by atomic mass is 35.5. The topological polar surface area (TPSA) is 38.0 Å². The summed E-state index contributed by atoms with van der Waals surface area (Å²) < 4.78 is 27.3. The molecule has 3 N–H and O–H groups in total. The second-order valence-corrected chi connectivity index (χ2v) is 4.72. The first-order chi connectivity index (χ1) is 9.04. The van der Waals surface area contributed by atoms with Gasteiger partial charge in [0.05, 0.1) is 11.1 Å².